The van der Waals surface area contributed by atoms with E-state index >= 15 is 0 Å². The van der Waals surface area contributed by atoms with E-state index in [1.807, 2.05) is 4.90 Å². The molecule has 1 aliphatic heterocycles. The maximum atomic E-state index is 13.3. The zero-order chi connectivity index (χ0) is 28.7. The van der Waals surface area contributed by atoms with Crippen molar-refractivity contribution in [3.63, 3.8) is 0 Å². The molecule has 2 N–H and O–H groups in total. The molecule has 0 radical (unpaired) electrons. The highest BCUT2D eigenvalue weighted by Crippen LogP contribution is 2.45. The van der Waals surface area contributed by atoms with E-state index in [4.69, 9.17) is 21.1 Å². The Bertz CT molecular complexity index is 1350. The average molecular weight is 592 g/mol. The predicted octanol–water partition coefficient (Wildman–Crippen LogP) is 4.71. The molecule has 0 spiro atoms. The number of aliphatic hydroxyl groups excluding tert-OH is 1. The first-order valence-corrected chi connectivity index (χ1v) is 15.8. The molecule has 5 rings (SSSR count). The largest absolute Gasteiger partial charge is 0.487 e. The van der Waals surface area contributed by atoms with E-state index in [2.05, 4.69) is 30.5 Å². The predicted molar refractivity (Wildman–Crippen MR) is 152 cm³/mol. The van der Waals surface area contributed by atoms with Gasteiger partial charge < -0.3 is 19.5 Å². The third-order valence-corrected chi connectivity index (χ3v) is 9.69. The molecule has 1 saturated heterocycles. The molecule has 0 bridgehead atoms. The normalized spacial score (nSPS) is 24.4. The van der Waals surface area contributed by atoms with E-state index in [0.29, 0.717) is 60.6 Å². The van der Waals surface area contributed by atoms with Crippen LogP contribution in [0.25, 0.3) is 0 Å². The highest BCUT2D eigenvalue weighted by molar-refractivity contribution is 7.90. The van der Waals surface area contributed by atoms with Crippen molar-refractivity contribution in [3.8, 4) is 11.5 Å². The lowest BCUT2D eigenvalue weighted by Gasteiger charge is -2.37. The van der Waals surface area contributed by atoms with E-state index in [0.717, 1.165) is 25.7 Å². The van der Waals surface area contributed by atoms with Crippen LogP contribution in [-0.4, -0.2) is 55.3 Å². The quantitative estimate of drug-likeness (QED) is 0.453. The topological polar surface area (TPSA) is 118 Å². The minimum Gasteiger partial charge on any atom is -0.487 e. The van der Waals surface area contributed by atoms with Crippen LogP contribution >= 0.6 is 11.6 Å². The fourth-order valence-electron chi connectivity index (χ4n) is 5.53. The molecule has 218 valence electrons. The molecule has 0 unspecified atom stereocenters. The maximum Gasteiger partial charge on any atom is 0.281 e. The van der Waals surface area contributed by atoms with E-state index in [-0.39, 0.29) is 16.5 Å². The molecule has 2 saturated carbocycles. The summed E-state index contributed by atoms with van der Waals surface area (Å²) in [6, 6.07) is 9.65. The van der Waals surface area contributed by atoms with Gasteiger partial charge >= 0.3 is 0 Å². The van der Waals surface area contributed by atoms with Crippen molar-refractivity contribution in [1.29, 1.82) is 0 Å². The van der Waals surface area contributed by atoms with Gasteiger partial charge in [-0.2, -0.15) is 8.42 Å². The summed E-state index contributed by atoms with van der Waals surface area (Å²) in [6.45, 7) is 7.77. The van der Waals surface area contributed by atoms with Crippen LogP contribution < -0.4 is 19.1 Å². The van der Waals surface area contributed by atoms with Crippen molar-refractivity contribution in [2.45, 2.75) is 88.6 Å². The number of β-amino-alcohol motifs (C(OH)–C–C–N with tert-alkyl or cyclic N) is 1. The zero-order valence-electron chi connectivity index (χ0n) is 23.2. The standard InChI is InChI=1S/C29H38ClN3O6S/c1-28(2,3)19-7-10-22(11-8-19)38-23-12-9-20(30)17-24(23)39-29(14-15-29)27(35)32-40(36,37)26-6-4-5-25(31-26)33-16-13-21(34)18-33/h4-6,9,12,17,19,21-22,34H,7-8,10-11,13-16,18H2,1-3H3,(H,32,35)/t19?,21-,22?/m0/s1. The molecule has 1 amide bonds. The van der Waals surface area contributed by atoms with Gasteiger partial charge in [0, 0.05) is 37.0 Å². The van der Waals surface area contributed by atoms with Crippen molar-refractivity contribution in [2.24, 2.45) is 11.3 Å². The highest BCUT2D eigenvalue weighted by Gasteiger charge is 2.54. The van der Waals surface area contributed by atoms with Crippen molar-refractivity contribution in [3.05, 3.63) is 41.4 Å². The van der Waals surface area contributed by atoms with Crippen LogP contribution in [0.15, 0.2) is 41.4 Å². The maximum absolute atomic E-state index is 13.3. The van der Waals surface area contributed by atoms with Crippen molar-refractivity contribution in [2.75, 3.05) is 18.0 Å². The first-order chi connectivity index (χ1) is 18.8. The van der Waals surface area contributed by atoms with Gasteiger partial charge in [-0.15, -0.1) is 0 Å². The molecule has 1 atom stereocenters. The Morgan fingerprint density at radius 1 is 1.10 bits per heavy atom. The van der Waals surface area contributed by atoms with E-state index in [1.54, 1.807) is 30.3 Å². The third kappa shape index (κ3) is 6.50. The van der Waals surface area contributed by atoms with Crippen LogP contribution in [0.1, 0.15) is 65.7 Å². The fourth-order valence-corrected chi connectivity index (χ4v) is 6.70. The van der Waals surface area contributed by atoms with Gasteiger partial charge in [-0.25, -0.2) is 9.71 Å². The number of benzene rings is 1. The number of anilines is 1. The van der Waals surface area contributed by atoms with Crippen LogP contribution in [-0.2, 0) is 14.8 Å². The number of amides is 1. The minimum absolute atomic E-state index is 0.0292. The van der Waals surface area contributed by atoms with Crippen LogP contribution in [0.4, 0.5) is 5.82 Å². The molecule has 2 aliphatic carbocycles. The summed E-state index contributed by atoms with van der Waals surface area (Å²) in [7, 11) is -4.26. The molecule has 3 fully saturated rings. The average Bonchev–Trinajstić information content (AvgIpc) is 3.56. The smallest absolute Gasteiger partial charge is 0.281 e. The first-order valence-electron chi connectivity index (χ1n) is 14.0. The second-order valence-corrected chi connectivity index (χ2v) is 14.4. The van der Waals surface area contributed by atoms with Crippen LogP contribution in [0.3, 0.4) is 0 Å². The number of rotatable bonds is 8. The number of pyridine rings is 1. The van der Waals surface area contributed by atoms with Gasteiger partial charge in [-0.3, -0.25) is 4.79 Å². The summed E-state index contributed by atoms with van der Waals surface area (Å²) in [5.41, 5.74) is -1.07. The summed E-state index contributed by atoms with van der Waals surface area (Å²) in [4.78, 5) is 19.3. The van der Waals surface area contributed by atoms with E-state index in [9.17, 15) is 18.3 Å². The van der Waals surface area contributed by atoms with E-state index < -0.39 is 27.6 Å². The molecule has 1 aromatic heterocycles. The van der Waals surface area contributed by atoms with Gasteiger partial charge in [0.1, 0.15) is 5.82 Å². The number of halogens is 1. The molecule has 9 nitrogen and oxygen atoms in total. The van der Waals surface area contributed by atoms with Gasteiger partial charge in [0.2, 0.25) is 0 Å². The van der Waals surface area contributed by atoms with Crippen LogP contribution in [0, 0.1) is 11.3 Å². The number of nitrogens with zero attached hydrogens (tertiary/aromatic N) is 2. The number of nitrogens with one attached hydrogen (secondary N) is 1. The molecule has 3 aliphatic rings. The lowest BCUT2D eigenvalue weighted by molar-refractivity contribution is -0.128. The zero-order valence-corrected chi connectivity index (χ0v) is 24.8. The highest BCUT2D eigenvalue weighted by atomic mass is 35.5. The molecular weight excluding hydrogens is 554 g/mol. The number of aliphatic hydroxyl groups is 1. The van der Waals surface area contributed by atoms with Crippen LogP contribution in [0.2, 0.25) is 5.02 Å². The molecule has 40 heavy (non-hydrogen) atoms. The number of carbonyl (C=O) groups excluding carboxylic acids is 1. The van der Waals surface area contributed by atoms with Gasteiger partial charge in [0.25, 0.3) is 15.9 Å². The molecule has 2 heterocycles. The van der Waals surface area contributed by atoms with E-state index in [1.165, 1.54) is 6.07 Å². The Hall–Kier alpha value is -2.56. The summed E-state index contributed by atoms with van der Waals surface area (Å²) >= 11 is 6.26. The Morgan fingerprint density at radius 2 is 1.82 bits per heavy atom. The Kier molecular flexibility index (Phi) is 7.98. The van der Waals surface area contributed by atoms with Gasteiger partial charge in [0.15, 0.2) is 22.1 Å². The Labute approximate surface area is 241 Å². The number of carbonyl (C=O) groups is 1. The fraction of sp³-hybridized carbons (Fsp3) is 0.586. The number of hydrogen-bond acceptors (Lipinski definition) is 8. The molecule has 1 aromatic carbocycles. The number of hydrogen-bond donors (Lipinski definition) is 2. The lowest BCUT2D eigenvalue weighted by atomic mass is 9.72. The van der Waals surface area contributed by atoms with Crippen LogP contribution in [0.5, 0.6) is 11.5 Å². The van der Waals surface area contributed by atoms with Gasteiger partial charge in [0.05, 0.1) is 12.2 Å². The van der Waals surface area contributed by atoms with Crippen molar-refractivity contribution < 1.29 is 27.8 Å². The van der Waals surface area contributed by atoms with Gasteiger partial charge in [-0.1, -0.05) is 38.4 Å². The van der Waals surface area contributed by atoms with Crippen molar-refractivity contribution >= 4 is 33.3 Å². The summed E-state index contributed by atoms with van der Waals surface area (Å²) in [5, 5.41) is 9.98. The summed E-state index contributed by atoms with van der Waals surface area (Å²) in [6.07, 6.45) is 4.86. The second-order valence-electron chi connectivity index (χ2n) is 12.3. The molecule has 2 aromatic rings. The lowest BCUT2D eigenvalue weighted by Crippen LogP contribution is -2.43. The molecule has 11 heteroatoms. The Balaban J connectivity index is 1.27. The van der Waals surface area contributed by atoms with Crippen molar-refractivity contribution in [1.82, 2.24) is 9.71 Å². The summed E-state index contributed by atoms with van der Waals surface area (Å²) < 4.78 is 40.9. The minimum atomic E-state index is -4.26. The monoisotopic (exact) mass is 591 g/mol. The second kappa shape index (κ2) is 11.0. The third-order valence-electron chi connectivity index (χ3n) is 8.22. The molecular formula is C29H38ClN3O6S. The number of ether oxygens (including phenoxy) is 2. The number of sulfonamides is 1. The SMILES string of the molecule is CC(C)(C)C1CCC(Oc2ccc(Cl)cc2OC2(C(=O)NS(=O)(=O)c3cccc(N4CC[C@H](O)C4)n3)CC2)CC1. The first kappa shape index (κ1) is 29.0. The van der Waals surface area contributed by atoms with Gasteiger partial charge in [-0.05, 0) is 67.7 Å². The Morgan fingerprint density at radius 3 is 2.45 bits per heavy atom. The number of aromatic nitrogens is 1. The summed E-state index contributed by atoms with van der Waals surface area (Å²) in [5.74, 6) is 1.14.